The summed E-state index contributed by atoms with van der Waals surface area (Å²) < 4.78 is 51.3. The van der Waals surface area contributed by atoms with Crippen molar-refractivity contribution in [2.75, 3.05) is 17.9 Å². The van der Waals surface area contributed by atoms with E-state index in [2.05, 4.69) is 4.72 Å². The molecule has 0 aromatic heterocycles. The van der Waals surface area contributed by atoms with Crippen LogP contribution in [0.1, 0.15) is 13.8 Å². The molecule has 24 heavy (non-hydrogen) atoms. The Morgan fingerprint density at radius 3 is 2.33 bits per heavy atom. The van der Waals surface area contributed by atoms with Crippen molar-refractivity contribution in [3.8, 4) is 11.5 Å². The van der Waals surface area contributed by atoms with Gasteiger partial charge in [-0.1, -0.05) is 11.6 Å². The lowest BCUT2D eigenvalue weighted by Crippen LogP contribution is -2.13. The van der Waals surface area contributed by atoms with Crippen LogP contribution in [-0.4, -0.2) is 21.6 Å². The Balaban J connectivity index is 2.34. The molecule has 0 bridgehead atoms. The normalized spacial score (nSPS) is 11.2. The predicted octanol–water partition coefficient (Wildman–Crippen LogP) is 4.08. The minimum Gasteiger partial charge on any atom is -0.490 e. The Morgan fingerprint density at radius 1 is 1.04 bits per heavy atom. The van der Waals surface area contributed by atoms with Crippen molar-refractivity contribution in [2.24, 2.45) is 0 Å². The fraction of sp³-hybridized carbons (Fsp3) is 0.250. The molecule has 0 aliphatic heterocycles. The van der Waals surface area contributed by atoms with Crippen molar-refractivity contribution in [1.29, 1.82) is 0 Å². The number of sulfonamides is 1. The molecule has 0 spiro atoms. The van der Waals surface area contributed by atoms with E-state index in [9.17, 15) is 12.8 Å². The molecule has 0 radical (unpaired) electrons. The smallest absolute Gasteiger partial charge is 0.262 e. The van der Waals surface area contributed by atoms with Gasteiger partial charge in [0.25, 0.3) is 10.0 Å². The molecule has 0 fully saturated rings. The molecule has 2 aromatic carbocycles. The lowest BCUT2D eigenvalue weighted by atomic mass is 10.3. The number of benzene rings is 2. The van der Waals surface area contributed by atoms with Crippen LogP contribution in [0.5, 0.6) is 11.5 Å². The average molecular weight is 374 g/mol. The van der Waals surface area contributed by atoms with Gasteiger partial charge in [0.1, 0.15) is 5.82 Å². The molecule has 0 aliphatic rings. The van der Waals surface area contributed by atoms with Gasteiger partial charge in [-0.2, -0.15) is 0 Å². The highest BCUT2D eigenvalue weighted by Crippen LogP contribution is 2.31. The highest BCUT2D eigenvalue weighted by molar-refractivity contribution is 7.92. The Labute approximate surface area is 145 Å². The average Bonchev–Trinajstić information content (AvgIpc) is 2.53. The second-order valence-corrected chi connectivity index (χ2v) is 6.80. The SMILES string of the molecule is CCOc1ccc(S(=O)(=O)Nc2ccc(F)c(Cl)c2)cc1OCC. The fourth-order valence-corrected chi connectivity index (χ4v) is 3.22. The Kier molecular flexibility index (Phi) is 5.90. The number of ether oxygens (including phenoxy) is 2. The molecule has 0 atom stereocenters. The maximum atomic E-state index is 13.2. The summed E-state index contributed by atoms with van der Waals surface area (Å²) in [7, 11) is -3.88. The second-order valence-electron chi connectivity index (χ2n) is 4.71. The van der Waals surface area contributed by atoms with E-state index in [1.165, 1.54) is 30.3 Å². The maximum absolute atomic E-state index is 13.2. The van der Waals surface area contributed by atoms with E-state index in [4.69, 9.17) is 21.1 Å². The lowest BCUT2D eigenvalue weighted by Gasteiger charge is -2.13. The molecule has 1 N–H and O–H groups in total. The summed E-state index contributed by atoms with van der Waals surface area (Å²) in [6.07, 6.45) is 0. The largest absolute Gasteiger partial charge is 0.490 e. The first-order chi connectivity index (χ1) is 11.4. The van der Waals surface area contributed by atoms with Gasteiger partial charge < -0.3 is 9.47 Å². The van der Waals surface area contributed by atoms with Crippen LogP contribution >= 0.6 is 11.6 Å². The number of anilines is 1. The Hall–Kier alpha value is -1.99. The summed E-state index contributed by atoms with van der Waals surface area (Å²) >= 11 is 5.66. The summed E-state index contributed by atoms with van der Waals surface area (Å²) in [4.78, 5) is -0.00477. The minimum atomic E-state index is -3.88. The zero-order valence-corrected chi connectivity index (χ0v) is 14.7. The predicted molar refractivity (Wildman–Crippen MR) is 91.0 cm³/mol. The molecule has 0 saturated heterocycles. The summed E-state index contributed by atoms with van der Waals surface area (Å²) in [6, 6.07) is 7.89. The van der Waals surface area contributed by atoms with Crippen molar-refractivity contribution < 1.29 is 22.3 Å². The van der Waals surface area contributed by atoms with Gasteiger partial charge >= 0.3 is 0 Å². The van der Waals surface area contributed by atoms with Crippen LogP contribution in [0.3, 0.4) is 0 Å². The van der Waals surface area contributed by atoms with E-state index in [-0.39, 0.29) is 15.6 Å². The zero-order chi connectivity index (χ0) is 17.7. The summed E-state index contributed by atoms with van der Waals surface area (Å²) in [5.41, 5.74) is 0.160. The van der Waals surface area contributed by atoms with Gasteiger partial charge in [0.15, 0.2) is 11.5 Å². The molecule has 5 nitrogen and oxygen atoms in total. The fourth-order valence-electron chi connectivity index (χ4n) is 1.97. The highest BCUT2D eigenvalue weighted by Gasteiger charge is 2.18. The molecule has 0 saturated carbocycles. The summed E-state index contributed by atoms with van der Waals surface area (Å²) in [5.74, 6) is 0.168. The molecule has 2 aromatic rings. The van der Waals surface area contributed by atoms with Crippen LogP contribution in [0.15, 0.2) is 41.3 Å². The quantitative estimate of drug-likeness (QED) is 0.794. The third-order valence-corrected chi connectivity index (χ3v) is 4.67. The van der Waals surface area contributed by atoms with E-state index in [1.807, 2.05) is 6.92 Å². The van der Waals surface area contributed by atoms with Crippen LogP contribution in [0, 0.1) is 5.82 Å². The van der Waals surface area contributed by atoms with Gasteiger partial charge in [-0.25, -0.2) is 12.8 Å². The van der Waals surface area contributed by atoms with Crippen LogP contribution in [0.4, 0.5) is 10.1 Å². The number of hydrogen-bond acceptors (Lipinski definition) is 4. The van der Waals surface area contributed by atoms with Crippen molar-refractivity contribution in [2.45, 2.75) is 18.7 Å². The lowest BCUT2D eigenvalue weighted by molar-refractivity contribution is 0.287. The first-order valence-electron chi connectivity index (χ1n) is 7.25. The van der Waals surface area contributed by atoms with Crippen molar-refractivity contribution in [3.63, 3.8) is 0 Å². The highest BCUT2D eigenvalue weighted by atomic mass is 35.5. The van der Waals surface area contributed by atoms with Gasteiger partial charge in [0, 0.05) is 6.07 Å². The van der Waals surface area contributed by atoms with E-state index >= 15 is 0 Å². The first-order valence-corrected chi connectivity index (χ1v) is 9.11. The minimum absolute atomic E-state index is 0.00477. The van der Waals surface area contributed by atoms with Crippen molar-refractivity contribution in [1.82, 2.24) is 0 Å². The van der Waals surface area contributed by atoms with Crippen molar-refractivity contribution in [3.05, 3.63) is 47.2 Å². The Morgan fingerprint density at radius 2 is 1.71 bits per heavy atom. The van der Waals surface area contributed by atoms with E-state index in [1.54, 1.807) is 6.92 Å². The molecular weight excluding hydrogens is 357 g/mol. The van der Waals surface area contributed by atoms with Crippen LogP contribution in [-0.2, 0) is 10.0 Å². The maximum Gasteiger partial charge on any atom is 0.262 e. The number of hydrogen-bond donors (Lipinski definition) is 1. The molecule has 2 rings (SSSR count). The van der Waals surface area contributed by atoms with Gasteiger partial charge in [0.05, 0.1) is 28.8 Å². The third-order valence-electron chi connectivity index (χ3n) is 3.00. The molecule has 0 unspecified atom stereocenters. The van der Waals surface area contributed by atoms with Gasteiger partial charge in [-0.15, -0.1) is 0 Å². The van der Waals surface area contributed by atoms with Gasteiger partial charge in [0.2, 0.25) is 0 Å². The molecule has 0 amide bonds. The zero-order valence-electron chi connectivity index (χ0n) is 13.2. The first kappa shape index (κ1) is 18.4. The van der Waals surface area contributed by atoms with Crippen molar-refractivity contribution >= 4 is 27.3 Å². The number of halogens is 2. The number of nitrogens with one attached hydrogen (secondary N) is 1. The monoisotopic (exact) mass is 373 g/mol. The summed E-state index contributed by atoms with van der Waals surface area (Å²) in [6.45, 7) is 4.40. The van der Waals surface area contributed by atoms with Crippen LogP contribution in [0.25, 0.3) is 0 Å². The summed E-state index contributed by atoms with van der Waals surface area (Å²) in [5, 5.41) is -0.170. The second kappa shape index (κ2) is 7.72. The third kappa shape index (κ3) is 4.30. The topological polar surface area (TPSA) is 64.6 Å². The van der Waals surface area contributed by atoms with E-state index in [0.717, 1.165) is 6.07 Å². The number of rotatable bonds is 7. The molecule has 130 valence electrons. The molecular formula is C16H17ClFNO4S. The Bertz CT molecular complexity index is 827. The van der Waals surface area contributed by atoms with Gasteiger partial charge in [-0.05, 0) is 44.2 Å². The standard InChI is InChI=1S/C16H17ClFNO4S/c1-3-22-15-8-6-12(10-16(15)23-4-2)24(20,21)19-11-5-7-14(18)13(17)9-11/h5-10,19H,3-4H2,1-2H3. The molecule has 0 heterocycles. The van der Waals surface area contributed by atoms with Crippen LogP contribution < -0.4 is 14.2 Å². The van der Waals surface area contributed by atoms with E-state index < -0.39 is 15.8 Å². The van der Waals surface area contributed by atoms with Crippen LogP contribution in [0.2, 0.25) is 5.02 Å². The van der Waals surface area contributed by atoms with Gasteiger partial charge in [-0.3, -0.25) is 4.72 Å². The molecule has 8 heteroatoms. The van der Waals surface area contributed by atoms with E-state index in [0.29, 0.717) is 24.7 Å². The molecule has 0 aliphatic carbocycles.